The van der Waals surface area contributed by atoms with Crippen LogP contribution in [0.25, 0.3) is 10.9 Å². The number of anilines is 1. The number of sulfonamides is 1. The van der Waals surface area contributed by atoms with Gasteiger partial charge < -0.3 is 14.6 Å². The van der Waals surface area contributed by atoms with E-state index in [4.69, 9.17) is 4.74 Å². The summed E-state index contributed by atoms with van der Waals surface area (Å²) < 4.78 is 35.2. The molecule has 10 nitrogen and oxygen atoms in total. The van der Waals surface area contributed by atoms with E-state index in [-0.39, 0.29) is 23.7 Å². The summed E-state index contributed by atoms with van der Waals surface area (Å²) in [5.74, 6) is 0.109. The lowest BCUT2D eigenvalue weighted by molar-refractivity contribution is 0.0942. The van der Waals surface area contributed by atoms with E-state index in [2.05, 4.69) is 22.5 Å². The van der Waals surface area contributed by atoms with Crippen LogP contribution >= 0.6 is 0 Å². The topological polar surface area (TPSA) is 123 Å². The van der Waals surface area contributed by atoms with E-state index in [0.29, 0.717) is 35.9 Å². The number of carbonyl (C=O) groups excluding carboxylic acids is 2. The fraction of sp³-hybridized carbons (Fsp3) is 0.323. The minimum atomic E-state index is -3.70. The summed E-state index contributed by atoms with van der Waals surface area (Å²) in [6.45, 7) is 5.12. The molecule has 2 aromatic carbocycles. The van der Waals surface area contributed by atoms with E-state index in [0.717, 1.165) is 29.4 Å². The smallest absolute Gasteiger partial charge is 0.412 e. The van der Waals surface area contributed by atoms with Crippen molar-refractivity contribution in [2.24, 2.45) is 13.0 Å². The van der Waals surface area contributed by atoms with E-state index in [1.165, 1.54) is 10.4 Å². The highest BCUT2D eigenvalue weighted by Crippen LogP contribution is 2.28. The summed E-state index contributed by atoms with van der Waals surface area (Å²) in [4.78, 5) is 30.3. The molecule has 1 aliphatic rings. The average Bonchev–Trinajstić information content (AvgIpc) is 3.30. The van der Waals surface area contributed by atoms with Gasteiger partial charge in [0.15, 0.2) is 0 Å². The van der Waals surface area contributed by atoms with Gasteiger partial charge in [-0.2, -0.15) is 4.31 Å². The minimum Gasteiger partial charge on any atom is -0.444 e. The third kappa shape index (κ3) is 6.17. The number of benzene rings is 2. The molecule has 5 rings (SSSR count). The lowest BCUT2D eigenvalue weighted by Crippen LogP contribution is -2.38. The summed E-state index contributed by atoms with van der Waals surface area (Å²) in [7, 11) is -2.01. The van der Waals surface area contributed by atoms with Gasteiger partial charge in [-0.3, -0.25) is 15.1 Å². The van der Waals surface area contributed by atoms with E-state index in [1.807, 2.05) is 36.4 Å². The van der Waals surface area contributed by atoms with Crippen LogP contribution in [0, 0.1) is 12.8 Å². The summed E-state index contributed by atoms with van der Waals surface area (Å²) in [6, 6.07) is 18.0. The first kappa shape index (κ1) is 29.3. The molecule has 1 saturated heterocycles. The van der Waals surface area contributed by atoms with Crippen LogP contribution in [-0.4, -0.2) is 47.4 Å². The molecule has 1 aliphatic heterocycles. The van der Waals surface area contributed by atoms with Gasteiger partial charge in [0.05, 0.1) is 11.2 Å². The molecule has 1 fully saturated rings. The quantitative estimate of drug-likeness (QED) is 0.299. The number of ether oxygens (including phenoxy) is 1. The minimum absolute atomic E-state index is 0.140. The van der Waals surface area contributed by atoms with Crippen LogP contribution < -0.4 is 10.6 Å². The van der Waals surface area contributed by atoms with Crippen molar-refractivity contribution < 1.29 is 22.7 Å². The molecule has 0 saturated carbocycles. The van der Waals surface area contributed by atoms with Crippen molar-refractivity contribution in [1.29, 1.82) is 0 Å². The van der Waals surface area contributed by atoms with Crippen molar-refractivity contribution in [2.45, 2.75) is 44.7 Å². The largest absolute Gasteiger partial charge is 0.444 e. The average molecular weight is 590 g/mol. The second kappa shape index (κ2) is 12.3. The summed E-state index contributed by atoms with van der Waals surface area (Å²) in [6.07, 6.45) is 2.67. The highest BCUT2D eigenvalue weighted by Gasteiger charge is 2.32. The molecule has 2 amide bonds. The number of aromatic nitrogens is 2. The van der Waals surface area contributed by atoms with Gasteiger partial charge in [0, 0.05) is 44.0 Å². The van der Waals surface area contributed by atoms with Crippen LogP contribution in [0.15, 0.2) is 71.8 Å². The van der Waals surface area contributed by atoms with Gasteiger partial charge in [-0.05, 0) is 55.0 Å². The number of rotatable bonds is 8. The Hall–Kier alpha value is -4.22. The van der Waals surface area contributed by atoms with Gasteiger partial charge in [-0.1, -0.05) is 49.4 Å². The number of nitrogens with zero attached hydrogens (tertiary/aromatic N) is 3. The van der Waals surface area contributed by atoms with Crippen LogP contribution in [0.2, 0.25) is 0 Å². The first-order valence-corrected chi connectivity index (χ1v) is 15.4. The zero-order valence-corrected chi connectivity index (χ0v) is 24.8. The van der Waals surface area contributed by atoms with E-state index >= 15 is 0 Å². The van der Waals surface area contributed by atoms with Gasteiger partial charge >= 0.3 is 6.09 Å². The summed E-state index contributed by atoms with van der Waals surface area (Å²) in [5, 5.41) is 6.43. The van der Waals surface area contributed by atoms with Crippen molar-refractivity contribution in [3.63, 3.8) is 0 Å². The zero-order chi connectivity index (χ0) is 29.9. The molecule has 0 unspecified atom stereocenters. The molecule has 0 aliphatic carbocycles. The molecular weight excluding hydrogens is 554 g/mol. The molecular formula is C31H35N5O5S. The number of piperidine rings is 1. The fourth-order valence-corrected chi connectivity index (χ4v) is 6.88. The first-order valence-electron chi connectivity index (χ1n) is 13.9. The Bertz CT molecular complexity index is 1710. The maximum Gasteiger partial charge on any atom is 0.412 e. The molecule has 4 aromatic rings. The molecule has 0 radical (unpaired) electrons. The summed E-state index contributed by atoms with van der Waals surface area (Å²) >= 11 is 0. The number of nitrogens with one attached hydrogen (secondary N) is 2. The third-order valence-electron chi connectivity index (χ3n) is 7.83. The molecule has 2 N–H and O–H groups in total. The first-order chi connectivity index (χ1) is 20.1. The molecule has 0 atom stereocenters. The van der Waals surface area contributed by atoms with Crippen LogP contribution in [-0.2, 0) is 35.0 Å². The molecule has 3 heterocycles. The number of amides is 2. The maximum atomic E-state index is 13.4. The Morgan fingerprint density at radius 3 is 2.52 bits per heavy atom. The Labute approximate surface area is 245 Å². The Morgan fingerprint density at radius 1 is 1.05 bits per heavy atom. The molecule has 42 heavy (non-hydrogen) atoms. The lowest BCUT2D eigenvalue weighted by Gasteiger charge is -2.29. The number of hydrogen-bond donors (Lipinski definition) is 2. The van der Waals surface area contributed by atoms with Crippen LogP contribution in [0.4, 0.5) is 10.5 Å². The predicted octanol–water partition coefficient (Wildman–Crippen LogP) is 4.98. The highest BCUT2D eigenvalue weighted by molar-refractivity contribution is 7.89. The molecule has 2 aromatic heterocycles. The van der Waals surface area contributed by atoms with E-state index in [9.17, 15) is 18.0 Å². The Balaban J connectivity index is 1.29. The third-order valence-corrected chi connectivity index (χ3v) is 9.84. The fourth-order valence-electron chi connectivity index (χ4n) is 5.14. The SMILES string of the molecule is Cc1c(S(=O)(=O)N2CCC(C)CC2)cc(C(=O)NCc2ccc(NC(=O)OCc3ccccc3)c3ncccc23)n1C. The van der Waals surface area contributed by atoms with Crippen LogP contribution in [0.1, 0.15) is 47.1 Å². The second-order valence-corrected chi connectivity index (χ2v) is 12.6. The van der Waals surface area contributed by atoms with Crippen molar-refractivity contribution in [2.75, 3.05) is 18.4 Å². The van der Waals surface area contributed by atoms with Gasteiger partial charge in [0.25, 0.3) is 5.91 Å². The van der Waals surface area contributed by atoms with E-state index in [1.54, 1.807) is 42.9 Å². The molecule has 0 bridgehead atoms. The van der Waals surface area contributed by atoms with Crippen molar-refractivity contribution >= 4 is 38.6 Å². The summed E-state index contributed by atoms with van der Waals surface area (Å²) in [5.41, 5.74) is 3.48. The molecule has 11 heteroatoms. The van der Waals surface area contributed by atoms with Gasteiger partial charge in [-0.25, -0.2) is 13.2 Å². The van der Waals surface area contributed by atoms with Crippen molar-refractivity contribution in [1.82, 2.24) is 19.2 Å². The molecule has 220 valence electrons. The number of hydrogen-bond acceptors (Lipinski definition) is 6. The van der Waals surface area contributed by atoms with Crippen molar-refractivity contribution in [3.8, 4) is 0 Å². The molecule has 0 spiro atoms. The van der Waals surface area contributed by atoms with Crippen LogP contribution in [0.3, 0.4) is 0 Å². The zero-order valence-electron chi connectivity index (χ0n) is 24.0. The van der Waals surface area contributed by atoms with Crippen molar-refractivity contribution in [3.05, 3.63) is 89.4 Å². The van der Waals surface area contributed by atoms with E-state index < -0.39 is 22.0 Å². The Morgan fingerprint density at radius 2 is 1.79 bits per heavy atom. The highest BCUT2D eigenvalue weighted by atomic mass is 32.2. The number of fused-ring (bicyclic) bond motifs is 1. The van der Waals surface area contributed by atoms with Gasteiger partial charge in [-0.15, -0.1) is 0 Å². The standard InChI is InChI=1S/C31H35N5O5S/c1-21-13-16-36(17-14-21)42(39,40)28-18-27(35(3)22(28)2)30(37)33-19-24-11-12-26(29-25(24)10-7-15-32-29)34-31(38)41-20-23-8-5-4-6-9-23/h4-12,15,18,21H,13-14,16-17,19-20H2,1-3H3,(H,33,37)(H,34,38). The Kier molecular flexibility index (Phi) is 8.60. The predicted molar refractivity (Wildman–Crippen MR) is 160 cm³/mol. The van der Waals surface area contributed by atoms with Gasteiger partial charge in [0.2, 0.25) is 10.0 Å². The second-order valence-electron chi connectivity index (χ2n) is 10.7. The normalized spacial score (nSPS) is 14.5. The van der Waals surface area contributed by atoms with Gasteiger partial charge in [0.1, 0.15) is 17.2 Å². The number of carbonyl (C=O) groups is 2. The number of pyridine rings is 1. The lowest BCUT2D eigenvalue weighted by atomic mass is 10.0. The monoisotopic (exact) mass is 589 g/mol. The maximum absolute atomic E-state index is 13.4. The van der Waals surface area contributed by atoms with Crippen LogP contribution in [0.5, 0.6) is 0 Å².